The molecule has 1 heterocycles. The van der Waals surface area contributed by atoms with E-state index < -0.39 is 0 Å². The number of hydrogen-bond donors (Lipinski definition) is 0. The SMILES string of the molecule is CC(C)(C#N)CCCOc1cccnc1. The summed E-state index contributed by atoms with van der Waals surface area (Å²) in [4.78, 5) is 3.95. The van der Waals surface area contributed by atoms with Crippen molar-refractivity contribution in [2.45, 2.75) is 26.7 Å². The zero-order chi connectivity index (χ0) is 11.1. The van der Waals surface area contributed by atoms with Gasteiger partial charge in [-0.25, -0.2) is 0 Å². The highest BCUT2D eigenvalue weighted by Crippen LogP contribution is 2.20. The van der Waals surface area contributed by atoms with Crippen LogP contribution in [0.3, 0.4) is 0 Å². The van der Waals surface area contributed by atoms with Gasteiger partial charge in [0.25, 0.3) is 0 Å². The quantitative estimate of drug-likeness (QED) is 0.693. The number of nitrogens with zero attached hydrogens (tertiary/aromatic N) is 2. The highest BCUT2D eigenvalue weighted by molar-refractivity contribution is 5.15. The smallest absolute Gasteiger partial charge is 0.137 e. The second-order valence-electron chi connectivity index (χ2n) is 4.14. The van der Waals surface area contributed by atoms with Crippen LogP contribution in [0.5, 0.6) is 5.75 Å². The van der Waals surface area contributed by atoms with Gasteiger partial charge in [-0.2, -0.15) is 5.26 Å². The summed E-state index contributed by atoms with van der Waals surface area (Å²) in [6, 6.07) is 5.99. The molecule has 0 aromatic carbocycles. The highest BCUT2D eigenvalue weighted by atomic mass is 16.5. The van der Waals surface area contributed by atoms with E-state index in [1.54, 1.807) is 12.4 Å². The van der Waals surface area contributed by atoms with Crippen molar-refractivity contribution >= 4 is 0 Å². The lowest BCUT2D eigenvalue weighted by Crippen LogP contribution is -2.10. The van der Waals surface area contributed by atoms with E-state index >= 15 is 0 Å². The molecule has 0 atom stereocenters. The van der Waals surface area contributed by atoms with E-state index in [1.165, 1.54) is 0 Å². The molecule has 0 fully saturated rings. The van der Waals surface area contributed by atoms with Gasteiger partial charge in [-0.05, 0) is 38.8 Å². The van der Waals surface area contributed by atoms with Crippen LogP contribution in [0, 0.1) is 16.7 Å². The van der Waals surface area contributed by atoms with Crippen LogP contribution in [0.25, 0.3) is 0 Å². The van der Waals surface area contributed by atoms with Crippen LogP contribution in [0.15, 0.2) is 24.5 Å². The number of hydrogen-bond acceptors (Lipinski definition) is 3. The van der Waals surface area contributed by atoms with Gasteiger partial charge in [-0.15, -0.1) is 0 Å². The molecule has 0 aliphatic rings. The molecule has 0 saturated carbocycles. The third-order valence-corrected chi connectivity index (χ3v) is 2.15. The van der Waals surface area contributed by atoms with Crippen LogP contribution < -0.4 is 4.74 Å². The van der Waals surface area contributed by atoms with Crippen LogP contribution in [0.2, 0.25) is 0 Å². The van der Waals surface area contributed by atoms with E-state index in [0.717, 1.165) is 18.6 Å². The first-order valence-electron chi connectivity index (χ1n) is 5.08. The fourth-order valence-corrected chi connectivity index (χ4v) is 1.19. The van der Waals surface area contributed by atoms with E-state index in [0.29, 0.717) is 6.61 Å². The predicted octanol–water partition coefficient (Wildman–Crippen LogP) is 2.79. The lowest BCUT2D eigenvalue weighted by molar-refractivity contribution is 0.283. The summed E-state index contributed by atoms with van der Waals surface area (Å²) in [5.74, 6) is 0.785. The fraction of sp³-hybridized carbons (Fsp3) is 0.500. The van der Waals surface area contributed by atoms with Gasteiger partial charge in [0.2, 0.25) is 0 Å². The van der Waals surface area contributed by atoms with Crippen LogP contribution >= 0.6 is 0 Å². The molecule has 0 N–H and O–H groups in total. The Labute approximate surface area is 90.7 Å². The summed E-state index contributed by atoms with van der Waals surface area (Å²) in [7, 11) is 0. The summed E-state index contributed by atoms with van der Waals surface area (Å²) < 4.78 is 5.47. The minimum atomic E-state index is -0.252. The Balaban J connectivity index is 2.21. The lowest BCUT2D eigenvalue weighted by atomic mass is 9.90. The molecule has 0 radical (unpaired) electrons. The average molecular weight is 204 g/mol. The minimum absolute atomic E-state index is 0.252. The van der Waals surface area contributed by atoms with E-state index in [1.807, 2.05) is 26.0 Å². The van der Waals surface area contributed by atoms with Gasteiger partial charge < -0.3 is 4.74 Å². The molecule has 0 bridgehead atoms. The maximum atomic E-state index is 8.81. The zero-order valence-corrected chi connectivity index (χ0v) is 9.23. The van der Waals surface area contributed by atoms with E-state index in [4.69, 9.17) is 10.00 Å². The zero-order valence-electron chi connectivity index (χ0n) is 9.23. The molecule has 0 aliphatic heterocycles. The fourth-order valence-electron chi connectivity index (χ4n) is 1.19. The molecule has 3 nitrogen and oxygen atoms in total. The Morgan fingerprint density at radius 1 is 1.53 bits per heavy atom. The van der Waals surface area contributed by atoms with Gasteiger partial charge in [-0.3, -0.25) is 4.98 Å². The van der Waals surface area contributed by atoms with Gasteiger partial charge in [0.05, 0.1) is 24.3 Å². The van der Waals surface area contributed by atoms with Crippen molar-refractivity contribution in [1.82, 2.24) is 4.98 Å². The molecule has 1 aromatic heterocycles. The van der Waals surface area contributed by atoms with Crippen LogP contribution in [-0.2, 0) is 0 Å². The van der Waals surface area contributed by atoms with Gasteiger partial charge in [0, 0.05) is 6.20 Å². The first-order valence-corrected chi connectivity index (χ1v) is 5.08. The highest BCUT2D eigenvalue weighted by Gasteiger charge is 2.15. The number of nitriles is 1. The largest absolute Gasteiger partial charge is 0.492 e. The molecular formula is C12H16N2O. The molecule has 0 aliphatic carbocycles. The summed E-state index contributed by atoms with van der Waals surface area (Å²) in [6.07, 6.45) is 5.14. The van der Waals surface area contributed by atoms with Crippen LogP contribution in [0.1, 0.15) is 26.7 Å². The Hall–Kier alpha value is -1.56. The van der Waals surface area contributed by atoms with Gasteiger partial charge in [0.15, 0.2) is 0 Å². The second-order valence-corrected chi connectivity index (χ2v) is 4.14. The Bertz CT molecular complexity index is 327. The summed E-state index contributed by atoms with van der Waals surface area (Å²) in [5.41, 5.74) is -0.252. The van der Waals surface area contributed by atoms with Crippen molar-refractivity contribution in [3.63, 3.8) is 0 Å². The molecule has 1 aromatic rings. The van der Waals surface area contributed by atoms with Crippen molar-refractivity contribution in [2.75, 3.05) is 6.61 Å². The summed E-state index contributed by atoms with van der Waals surface area (Å²) in [6.45, 7) is 4.52. The molecule has 15 heavy (non-hydrogen) atoms. The first kappa shape index (κ1) is 11.5. The summed E-state index contributed by atoms with van der Waals surface area (Å²) >= 11 is 0. The lowest BCUT2D eigenvalue weighted by Gasteiger charge is -2.14. The van der Waals surface area contributed by atoms with E-state index in [2.05, 4.69) is 11.1 Å². The number of rotatable bonds is 5. The Morgan fingerprint density at radius 2 is 2.33 bits per heavy atom. The number of aromatic nitrogens is 1. The molecule has 1 rings (SSSR count). The maximum Gasteiger partial charge on any atom is 0.137 e. The topological polar surface area (TPSA) is 45.9 Å². The molecule has 80 valence electrons. The summed E-state index contributed by atoms with van der Waals surface area (Å²) in [5, 5.41) is 8.81. The van der Waals surface area contributed by atoms with Crippen molar-refractivity contribution in [1.29, 1.82) is 5.26 Å². The second kappa shape index (κ2) is 5.35. The van der Waals surface area contributed by atoms with E-state index in [-0.39, 0.29) is 5.41 Å². The third kappa shape index (κ3) is 4.46. The first-order chi connectivity index (χ1) is 7.14. The standard InChI is InChI=1S/C12H16N2O/c1-12(2,10-13)6-4-8-15-11-5-3-7-14-9-11/h3,5,7,9H,4,6,8H2,1-2H3. The third-order valence-electron chi connectivity index (χ3n) is 2.15. The Morgan fingerprint density at radius 3 is 2.93 bits per heavy atom. The van der Waals surface area contributed by atoms with E-state index in [9.17, 15) is 0 Å². The maximum absolute atomic E-state index is 8.81. The predicted molar refractivity (Wildman–Crippen MR) is 58.4 cm³/mol. The van der Waals surface area contributed by atoms with Gasteiger partial charge in [-0.1, -0.05) is 0 Å². The average Bonchev–Trinajstić information content (AvgIpc) is 2.26. The van der Waals surface area contributed by atoms with Crippen molar-refractivity contribution < 1.29 is 4.74 Å². The molecule has 0 spiro atoms. The van der Waals surface area contributed by atoms with Crippen molar-refractivity contribution in [3.05, 3.63) is 24.5 Å². The minimum Gasteiger partial charge on any atom is -0.492 e. The van der Waals surface area contributed by atoms with Gasteiger partial charge >= 0.3 is 0 Å². The number of ether oxygens (including phenoxy) is 1. The molecular weight excluding hydrogens is 188 g/mol. The number of pyridine rings is 1. The van der Waals surface area contributed by atoms with Crippen molar-refractivity contribution in [2.24, 2.45) is 5.41 Å². The molecule has 0 amide bonds. The van der Waals surface area contributed by atoms with Crippen LogP contribution in [0.4, 0.5) is 0 Å². The molecule has 0 unspecified atom stereocenters. The molecule has 0 saturated heterocycles. The van der Waals surface area contributed by atoms with Crippen LogP contribution in [-0.4, -0.2) is 11.6 Å². The Kier molecular flexibility index (Phi) is 4.11. The normalized spacial score (nSPS) is 10.7. The van der Waals surface area contributed by atoms with Gasteiger partial charge in [0.1, 0.15) is 5.75 Å². The molecule has 3 heteroatoms. The van der Waals surface area contributed by atoms with Crippen molar-refractivity contribution in [3.8, 4) is 11.8 Å². The monoisotopic (exact) mass is 204 g/mol.